The first-order valence-corrected chi connectivity index (χ1v) is 4.85. The van der Waals surface area contributed by atoms with Gasteiger partial charge in [-0.3, -0.25) is 20.3 Å². The SMILES string of the molecule is NNC(=O)Cn1ccc2c([N+](=O)[O-])cccc21. The van der Waals surface area contributed by atoms with E-state index in [0.717, 1.165) is 0 Å². The summed E-state index contributed by atoms with van der Waals surface area (Å²) in [5.41, 5.74) is 2.66. The largest absolute Gasteiger partial charge is 0.338 e. The van der Waals surface area contributed by atoms with E-state index in [1.54, 1.807) is 29.0 Å². The lowest BCUT2D eigenvalue weighted by atomic mass is 10.2. The third-order valence-corrected chi connectivity index (χ3v) is 2.46. The summed E-state index contributed by atoms with van der Waals surface area (Å²) >= 11 is 0. The van der Waals surface area contributed by atoms with Crippen LogP contribution in [0.15, 0.2) is 30.5 Å². The Morgan fingerprint density at radius 2 is 2.24 bits per heavy atom. The van der Waals surface area contributed by atoms with Gasteiger partial charge < -0.3 is 4.57 Å². The number of nitrogens with one attached hydrogen (secondary N) is 1. The highest BCUT2D eigenvalue weighted by Gasteiger charge is 2.14. The van der Waals surface area contributed by atoms with Gasteiger partial charge in [0.1, 0.15) is 6.54 Å². The van der Waals surface area contributed by atoms with E-state index < -0.39 is 4.92 Å². The average Bonchev–Trinajstić information content (AvgIpc) is 2.72. The lowest BCUT2D eigenvalue weighted by Gasteiger charge is -2.03. The quantitative estimate of drug-likeness (QED) is 0.350. The molecule has 0 fully saturated rings. The number of rotatable bonds is 3. The number of hydrogen-bond acceptors (Lipinski definition) is 4. The van der Waals surface area contributed by atoms with Gasteiger partial charge in [-0.1, -0.05) is 6.07 Å². The lowest BCUT2D eigenvalue weighted by molar-refractivity contribution is -0.383. The maximum absolute atomic E-state index is 11.2. The first kappa shape index (κ1) is 11.1. The molecule has 17 heavy (non-hydrogen) atoms. The van der Waals surface area contributed by atoms with Crippen LogP contribution >= 0.6 is 0 Å². The molecule has 0 saturated heterocycles. The van der Waals surface area contributed by atoms with Crippen molar-refractivity contribution in [3.8, 4) is 0 Å². The molecule has 0 radical (unpaired) electrons. The van der Waals surface area contributed by atoms with Crippen LogP contribution in [0.5, 0.6) is 0 Å². The van der Waals surface area contributed by atoms with Gasteiger partial charge in [0.2, 0.25) is 0 Å². The molecule has 1 heterocycles. The summed E-state index contributed by atoms with van der Waals surface area (Å²) in [7, 11) is 0. The molecule has 2 rings (SSSR count). The first-order valence-electron chi connectivity index (χ1n) is 4.85. The number of hydrogen-bond donors (Lipinski definition) is 2. The van der Waals surface area contributed by atoms with Gasteiger partial charge in [-0.05, 0) is 12.1 Å². The highest BCUT2D eigenvalue weighted by Crippen LogP contribution is 2.25. The smallest absolute Gasteiger partial charge is 0.278 e. The summed E-state index contributed by atoms with van der Waals surface area (Å²) < 4.78 is 1.60. The number of nitrogens with zero attached hydrogens (tertiary/aromatic N) is 2. The van der Waals surface area contributed by atoms with Crippen LogP contribution in [0.25, 0.3) is 10.9 Å². The number of fused-ring (bicyclic) bond motifs is 1. The van der Waals surface area contributed by atoms with E-state index >= 15 is 0 Å². The summed E-state index contributed by atoms with van der Waals surface area (Å²) in [5, 5.41) is 11.3. The van der Waals surface area contributed by atoms with E-state index in [1.807, 2.05) is 5.43 Å². The van der Waals surface area contributed by atoms with E-state index in [2.05, 4.69) is 0 Å². The molecule has 0 bridgehead atoms. The predicted molar refractivity (Wildman–Crippen MR) is 60.9 cm³/mol. The molecule has 88 valence electrons. The monoisotopic (exact) mass is 234 g/mol. The molecule has 0 aliphatic carbocycles. The first-order chi connectivity index (χ1) is 8.13. The van der Waals surface area contributed by atoms with Gasteiger partial charge in [0.25, 0.3) is 11.6 Å². The van der Waals surface area contributed by atoms with E-state index in [9.17, 15) is 14.9 Å². The molecule has 0 atom stereocenters. The van der Waals surface area contributed by atoms with Crippen LogP contribution in [0.2, 0.25) is 0 Å². The minimum atomic E-state index is -0.449. The second kappa shape index (κ2) is 4.22. The Kier molecular flexibility index (Phi) is 2.75. The zero-order valence-corrected chi connectivity index (χ0v) is 8.79. The molecule has 0 saturated carbocycles. The fourth-order valence-corrected chi connectivity index (χ4v) is 1.70. The maximum atomic E-state index is 11.2. The van der Waals surface area contributed by atoms with Crippen molar-refractivity contribution in [2.45, 2.75) is 6.54 Å². The van der Waals surface area contributed by atoms with E-state index in [4.69, 9.17) is 5.84 Å². The van der Waals surface area contributed by atoms with Gasteiger partial charge in [-0.15, -0.1) is 0 Å². The van der Waals surface area contributed by atoms with Crippen molar-refractivity contribution in [2.75, 3.05) is 0 Å². The van der Waals surface area contributed by atoms with Gasteiger partial charge in [0, 0.05) is 12.3 Å². The second-order valence-corrected chi connectivity index (χ2v) is 3.48. The van der Waals surface area contributed by atoms with Crippen molar-refractivity contribution in [1.29, 1.82) is 0 Å². The average molecular weight is 234 g/mol. The summed E-state index contributed by atoms with van der Waals surface area (Å²) in [6.45, 7) is 0.0289. The minimum absolute atomic E-state index is 0.0226. The number of non-ortho nitro benzene ring substituents is 1. The summed E-state index contributed by atoms with van der Waals surface area (Å²) in [6, 6.07) is 6.33. The van der Waals surface area contributed by atoms with Crippen molar-refractivity contribution in [3.05, 3.63) is 40.6 Å². The highest BCUT2D eigenvalue weighted by molar-refractivity contribution is 5.90. The number of hydrazine groups is 1. The van der Waals surface area contributed by atoms with Gasteiger partial charge >= 0.3 is 0 Å². The standard InChI is InChI=1S/C10H10N4O3/c11-12-10(15)6-13-5-4-7-8(13)2-1-3-9(7)14(16)17/h1-5H,6,11H2,(H,12,15). The molecular formula is C10H10N4O3. The van der Waals surface area contributed by atoms with Crippen LogP contribution in [0, 0.1) is 10.1 Å². The topological polar surface area (TPSA) is 103 Å². The van der Waals surface area contributed by atoms with Crippen LogP contribution in [-0.4, -0.2) is 15.4 Å². The Bertz CT molecular complexity index is 590. The molecule has 2 aromatic rings. The zero-order valence-electron chi connectivity index (χ0n) is 8.79. The third kappa shape index (κ3) is 1.95. The number of aromatic nitrogens is 1. The molecule has 1 aromatic heterocycles. The fraction of sp³-hybridized carbons (Fsp3) is 0.100. The molecule has 1 aromatic carbocycles. The van der Waals surface area contributed by atoms with Gasteiger partial charge in [0.05, 0.1) is 15.8 Å². The van der Waals surface area contributed by atoms with E-state index in [1.165, 1.54) is 6.07 Å². The van der Waals surface area contributed by atoms with Crippen molar-refractivity contribution in [3.63, 3.8) is 0 Å². The van der Waals surface area contributed by atoms with E-state index in [-0.39, 0.29) is 18.1 Å². The highest BCUT2D eigenvalue weighted by atomic mass is 16.6. The van der Waals surface area contributed by atoms with E-state index in [0.29, 0.717) is 10.9 Å². The Morgan fingerprint density at radius 1 is 1.47 bits per heavy atom. The summed E-state index contributed by atoms with van der Waals surface area (Å²) in [5.74, 6) is 4.62. The molecule has 7 heteroatoms. The lowest BCUT2D eigenvalue weighted by Crippen LogP contribution is -2.33. The molecule has 0 aliphatic rings. The second-order valence-electron chi connectivity index (χ2n) is 3.48. The molecule has 0 aliphatic heterocycles. The van der Waals surface area contributed by atoms with Gasteiger partial charge in [-0.25, -0.2) is 5.84 Å². The van der Waals surface area contributed by atoms with Crippen molar-refractivity contribution in [2.24, 2.45) is 5.84 Å². The number of amides is 1. The van der Waals surface area contributed by atoms with Gasteiger partial charge in [0.15, 0.2) is 0 Å². The van der Waals surface area contributed by atoms with Crippen LogP contribution < -0.4 is 11.3 Å². The molecule has 7 nitrogen and oxygen atoms in total. The number of carbonyl (C=O) groups excluding carboxylic acids is 1. The van der Waals surface area contributed by atoms with Crippen molar-refractivity contribution in [1.82, 2.24) is 9.99 Å². The van der Waals surface area contributed by atoms with Gasteiger partial charge in [-0.2, -0.15) is 0 Å². The fourth-order valence-electron chi connectivity index (χ4n) is 1.70. The Labute approximate surface area is 95.9 Å². The van der Waals surface area contributed by atoms with Crippen LogP contribution in [0.3, 0.4) is 0 Å². The molecular weight excluding hydrogens is 224 g/mol. The minimum Gasteiger partial charge on any atom is -0.338 e. The summed E-state index contributed by atoms with van der Waals surface area (Å²) in [4.78, 5) is 21.5. The Hall–Kier alpha value is -2.41. The van der Waals surface area contributed by atoms with Crippen LogP contribution in [-0.2, 0) is 11.3 Å². The number of nitrogens with two attached hydrogens (primary N) is 1. The van der Waals surface area contributed by atoms with Crippen LogP contribution in [0.4, 0.5) is 5.69 Å². The molecule has 1 amide bonds. The zero-order chi connectivity index (χ0) is 12.4. The Balaban J connectivity index is 2.51. The predicted octanol–water partition coefficient (Wildman–Crippen LogP) is 0.539. The number of carbonyl (C=O) groups is 1. The van der Waals surface area contributed by atoms with Crippen LogP contribution in [0.1, 0.15) is 0 Å². The van der Waals surface area contributed by atoms with Crippen molar-refractivity contribution >= 4 is 22.5 Å². The molecule has 3 N–H and O–H groups in total. The summed E-state index contributed by atoms with van der Waals surface area (Å²) in [6.07, 6.45) is 1.62. The normalized spacial score (nSPS) is 10.4. The number of nitro benzene ring substituents is 1. The number of benzene rings is 1. The Morgan fingerprint density at radius 3 is 2.88 bits per heavy atom. The third-order valence-electron chi connectivity index (χ3n) is 2.46. The molecule has 0 unspecified atom stereocenters. The molecule has 0 spiro atoms. The van der Waals surface area contributed by atoms with Crippen molar-refractivity contribution < 1.29 is 9.72 Å². The maximum Gasteiger partial charge on any atom is 0.278 e. The number of nitro groups is 1.